The quantitative estimate of drug-likeness (QED) is 0.592. The first-order valence-corrected chi connectivity index (χ1v) is 10.8. The first kappa shape index (κ1) is 21.8. The predicted molar refractivity (Wildman–Crippen MR) is 121 cm³/mol. The molecule has 1 saturated carbocycles. The smallest absolute Gasteiger partial charge is 0.337 e. The van der Waals surface area contributed by atoms with Crippen molar-refractivity contribution < 1.29 is 18.7 Å². The van der Waals surface area contributed by atoms with E-state index < -0.39 is 28.9 Å². The summed E-state index contributed by atoms with van der Waals surface area (Å²) in [5, 5.41) is 22.3. The second kappa shape index (κ2) is 7.25. The molecule has 0 radical (unpaired) electrons. The number of nitrogens with one attached hydrogen (secondary N) is 1. The lowest BCUT2D eigenvalue weighted by molar-refractivity contribution is 0.0518. The van der Waals surface area contributed by atoms with Gasteiger partial charge in [0.05, 0.1) is 17.0 Å². The minimum absolute atomic E-state index is 0.0400. The predicted octanol–water partition coefficient (Wildman–Crippen LogP) is 3.59. The van der Waals surface area contributed by atoms with Gasteiger partial charge in [-0.3, -0.25) is 9.20 Å². The Morgan fingerprint density at radius 1 is 1.32 bits per heavy atom. The number of hydrogen-bond donors (Lipinski definition) is 2. The summed E-state index contributed by atoms with van der Waals surface area (Å²) in [6.07, 6.45) is 1.38. The summed E-state index contributed by atoms with van der Waals surface area (Å²) in [4.78, 5) is 30.9. The maximum atomic E-state index is 13.7. The van der Waals surface area contributed by atoms with Crippen LogP contribution < -0.4 is 15.8 Å². The highest BCUT2D eigenvalue weighted by atomic mass is 19.3. The minimum atomic E-state index is -2.72. The van der Waals surface area contributed by atoms with Crippen LogP contribution in [0.2, 0.25) is 0 Å². The topological polar surface area (TPSA) is 111 Å². The van der Waals surface area contributed by atoms with Crippen molar-refractivity contribution in [1.82, 2.24) is 9.38 Å². The van der Waals surface area contributed by atoms with Gasteiger partial charge in [-0.2, -0.15) is 5.26 Å². The van der Waals surface area contributed by atoms with Crippen LogP contribution in [0.1, 0.15) is 46.4 Å². The van der Waals surface area contributed by atoms with Gasteiger partial charge in [0, 0.05) is 37.0 Å². The minimum Gasteiger partial charge on any atom is -0.478 e. The highest BCUT2D eigenvalue weighted by Crippen LogP contribution is 2.65. The Morgan fingerprint density at radius 3 is 2.62 bits per heavy atom. The highest BCUT2D eigenvalue weighted by molar-refractivity contribution is 5.94. The molecule has 3 heterocycles. The SMILES string of the molecule is Cc1cc([C@@H](C)Nc2ccccc2C(=O)O)c2nc(N3CC4(C3)CC4(F)F)c(C#N)c(=O)n2c1. The van der Waals surface area contributed by atoms with Crippen LogP contribution in [0.25, 0.3) is 5.65 Å². The lowest BCUT2D eigenvalue weighted by Gasteiger charge is -2.41. The number of nitriles is 1. The summed E-state index contributed by atoms with van der Waals surface area (Å²) >= 11 is 0. The number of aromatic carboxylic acids is 1. The lowest BCUT2D eigenvalue weighted by atomic mass is 9.95. The third-order valence-corrected chi connectivity index (χ3v) is 6.68. The van der Waals surface area contributed by atoms with Gasteiger partial charge < -0.3 is 15.3 Å². The zero-order valence-corrected chi connectivity index (χ0v) is 18.5. The van der Waals surface area contributed by atoms with Crippen molar-refractivity contribution in [1.29, 1.82) is 5.26 Å². The molecule has 1 spiro atoms. The van der Waals surface area contributed by atoms with Gasteiger partial charge in [-0.1, -0.05) is 12.1 Å². The zero-order chi connectivity index (χ0) is 24.4. The van der Waals surface area contributed by atoms with Crippen LogP contribution in [0.5, 0.6) is 0 Å². The molecule has 2 N–H and O–H groups in total. The molecule has 10 heteroatoms. The van der Waals surface area contributed by atoms with E-state index in [1.165, 1.54) is 10.5 Å². The molecular formula is C24H21F2N5O3. The summed E-state index contributed by atoms with van der Waals surface area (Å²) in [5.74, 6) is -3.70. The van der Waals surface area contributed by atoms with Gasteiger partial charge in [-0.15, -0.1) is 0 Å². The van der Waals surface area contributed by atoms with Crippen molar-refractivity contribution in [3.05, 3.63) is 69.1 Å². The highest BCUT2D eigenvalue weighted by Gasteiger charge is 2.76. The molecule has 34 heavy (non-hydrogen) atoms. The molecule has 174 valence electrons. The Labute approximate surface area is 193 Å². The van der Waals surface area contributed by atoms with Gasteiger partial charge in [0.25, 0.3) is 11.5 Å². The lowest BCUT2D eigenvalue weighted by Crippen LogP contribution is -2.52. The molecule has 5 rings (SSSR count). The number of fused-ring (bicyclic) bond motifs is 1. The number of carboxylic acid groups (broad SMARTS) is 1. The first-order valence-electron chi connectivity index (χ1n) is 10.8. The number of alkyl halides is 2. The largest absolute Gasteiger partial charge is 0.478 e. The monoisotopic (exact) mass is 465 g/mol. The summed E-state index contributed by atoms with van der Waals surface area (Å²) < 4.78 is 28.7. The van der Waals surface area contributed by atoms with Crippen LogP contribution in [0.3, 0.4) is 0 Å². The zero-order valence-electron chi connectivity index (χ0n) is 18.5. The van der Waals surface area contributed by atoms with Gasteiger partial charge in [0.2, 0.25) is 0 Å². The maximum Gasteiger partial charge on any atom is 0.337 e. The van der Waals surface area contributed by atoms with Gasteiger partial charge in [0.15, 0.2) is 11.4 Å². The number of rotatable bonds is 5. The summed E-state index contributed by atoms with van der Waals surface area (Å²) in [7, 11) is 0. The average molecular weight is 465 g/mol. The van der Waals surface area contributed by atoms with Crippen LogP contribution >= 0.6 is 0 Å². The van der Waals surface area contributed by atoms with E-state index in [0.29, 0.717) is 11.3 Å². The van der Waals surface area contributed by atoms with Crippen LogP contribution in [-0.2, 0) is 0 Å². The van der Waals surface area contributed by atoms with E-state index >= 15 is 0 Å². The number of nitrogens with zero attached hydrogens (tertiary/aromatic N) is 4. The number of pyridine rings is 1. The van der Waals surface area contributed by atoms with Gasteiger partial charge >= 0.3 is 5.97 Å². The Kier molecular flexibility index (Phi) is 4.65. The average Bonchev–Trinajstić information content (AvgIpc) is 3.35. The number of anilines is 2. The van der Waals surface area contributed by atoms with Crippen LogP contribution in [0.15, 0.2) is 41.3 Å². The van der Waals surface area contributed by atoms with Gasteiger partial charge in [0.1, 0.15) is 11.7 Å². The molecule has 2 aliphatic rings. The third-order valence-electron chi connectivity index (χ3n) is 6.68. The van der Waals surface area contributed by atoms with Crippen molar-refractivity contribution in [3.63, 3.8) is 0 Å². The fourth-order valence-electron chi connectivity index (χ4n) is 4.71. The van der Waals surface area contributed by atoms with Crippen LogP contribution in [-0.4, -0.2) is 39.5 Å². The van der Waals surface area contributed by atoms with Crippen molar-refractivity contribution in [3.8, 4) is 6.07 Å². The second-order valence-corrected chi connectivity index (χ2v) is 9.13. The molecule has 0 amide bonds. The van der Waals surface area contributed by atoms with Crippen molar-refractivity contribution in [2.24, 2.45) is 5.41 Å². The Hall–Kier alpha value is -4.00. The maximum absolute atomic E-state index is 13.7. The molecule has 0 bridgehead atoms. The first-order chi connectivity index (χ1) is 16.1. The normalized spacial score (nSPS) is 18.3. The van der Waals surface area contributed by atoms with Crippen molar-refractivity contribution in [2.45, 2.75) is 32.2 Å². The number of aromatic nitrogens is 2. The number of carbonyl (C=O) groups is 1. The number of para-hydroxylation sites is 1. The van der Waals surface area contributed by atoms with E-state index in [0.717, 1.165) is 5.56 Å². The molecule has 8 nitrogen and oxygen atoms in total. The molecular weight excluding hydrogens is 444 g/mol. The van der Waals surface area contributed by atoms with Crippen molar-refractivity contribution in [2.75, 3.05) is 23.3 Å². The number of carboxylic acids is 1. The van der Waals surface area contributed by atoms with E-state index in [9.17, 15) is 28.7 Å². The van der Waals surface area contributed by atoms with Crippen LogP contribution in [0, 0.1) is 23.7 Å². The summed E-state index contributed by atoms with van der Waals surface area (Å²) in [5.41, 5.74) is 0.274. The molecule has 3 aromatic rings. The van der Waals surface area contributed by atoms with Crippen molar-refractivity contribution >= 4 is 23.1 Å². The molecule has 1 saturated heterocycles. The fraction of sp³-hybridized carbons (Fsp3) is 0.333. The molecule has 1 aliphatic heterocycles. The number of aryl methyl sites for hydroxylation is 1. The van der Waals surface area contributed by atoms with Gasteiger partial charge in [-0.05, 0) is 37.6 Å². The fourth-order valence-corrected chi connectivity index (χ4v) is 4.71. The molecule has 1 aliphatic carbocycles. The third kappa shape index (κ3) is 3.19. The molecule has 2 aromatic heterocycles. The molecule has 1 atom stereocenters. The van der Waals surface area contributed by atoms with Gasteiger partial charge in [-0.25, -0.2) is 18.6 Å². The van der Waals surface area contributed by atoms with E-state index in [1.807, 2.05) is 12.1 Å². The van der Waals surface area contributed by atoms with E-state index in [4.69, 9.17) is 0 Å². The molecule has 1 aromatic carbocycles. The summed E-state index contributed by atoms with van der Waals surface area (Å²) in [6, 6.07) is 9.73. The Morgan fingerprint density at radius 2 is 2.00 bits per heavy atom. The number of halogens is 2. The van der Waals surface area contributed by atoms with Crippen LogP contribution in [0.4, 0.5) is 20.3 Å². The Bertz CT molecular complexity index is 1450. The number of benzene rings is 1. The molecule has 2 fully saturated rings. The molecule has 0 unspecified atom stereocenters. The van der Waals surface area contributed by atoms with E-state index in [-0.39, 0.29) is 42.1 Å². The second-order valence-electron chi connectivity index (χ2n) is 9.13. The number of hydrogen-bond acceptors (Lipinski definition) is 6. The Balaban J connectivity index is 1.59. The summed E-state index contributed by atoms with van der Waals surface area (Å²) in [6.45, 7) is 3.68. The van der Waals surface area contributed by atoms with E-state index in [1.54, 1.807) is 43.1 Å². The standard InChI is InChI=1S/C24H21F2N5O3/c1-13-7-16(14(2)28-18-6-4-3-5-15(18)22(33)34)20-29-19(17(8-27)21(32)31(20)9-13)30-11-23(12-30)10-24(23,25)26/h3-7,9,14,28H,10-12H2,1-2H3,(H,33,34)/t14-/m1/s1. The van der Waals surface area contributed by atoms with E-state index in [2.05, 4.69) is 10.3 Å².